The van der Waals surface area contributed by atoms with E-state index in [9.17, 15) is 9.59 Å². The van der Waals surface area contributed by atoms with E-state index in [0.29, 0.717) is 0 Å². The van der Waals surface area contributed by atoms with E-state index in [1.807, 2.05) is 0 Å². The minimum absolute atomic E-state index is 0.107. The summed E-state index contributed by atoms with van der Waals surface area (Å²) in [6.45, 7) is 3.23. The first-order valence-electron chi connectivity index (χ1n) is 2.71. The number of aliphatic carboxylic acids is 1. The van der Waals surface area contributed by atoms with Crippen LogP contribution in [0.2, 0.25) is 0 Å². The largest absolute Gasteiger partial charge is 0.478 e. The smallest absolute Gasteiger partial charge is 0.327 e. The molecule has 1 N–H and O–H groups in total. The predicted molar refractivity (Wildman–Crippen MR) is 36.6 cm³/mol. The highest BCUT2D eigenvalue weighted by Crippen LogP contribution is 1.85. The van der Waals surface area contributed by atoms with Crippen molar-refractivity contribution in [1.82, 2.24) is 0 Å². The van der Waals surface area contributed by atoms with Gasteiger partial charge in [0.15, 0.2) is 5.78 Å². The molecule has 0 atom stereocenters. The molecule has 0 aliphatic carbocycles. The molecule has 3 heteroatoms. The van der Waals surface area contributed by atoms with Gasteiger partial charge in [0.25, 0.3) is 0 Å². The van der Waals surface area contributed by atoms with E-state index in [0.717, 1.165) is 12.2 Å². The van der Waals surface area contributed by atoms with E-state index in [1.165, 1.54) is 6.08 Å². The number of carbonyl (C=O) groups excluding carboxylic acids is 1. The summed E-state index contributed by atoms with van der Waals surface area (Å²) in [7, 11) is 0. The zero-order valence-electron chi connectivity index (χ0n) is 5.41. The van der Waals surface area contributed by atoms with Gasteiger partial charge in [-0.25, -0.2) is 4.79 Å². The van der Waals surface area contributed by atoms with Crippen molar-refractivity contribution >= 4 is 11.8 Å². The lowest BCUT2D eigenvalue weighted by atomic mass is 10.2. The molecule has 0 unspecified atom stereocenters. The molecule has 0 aliphatic heterocycles. The van der Waals surface area contributed by atoms with Crippen LogP contribution in [0, 0.1) is 0 Å². The third-order valence-corrected chi connectivity index (χ3v) is 0.807. The van der Waals surface area contributed by atoms with Crippen LogP contribution >= 0.6 is 0 Å². The molecule has 0 fully saturated rings. The van der Waals surface area contributed by atoms with E-state index in [4.69, 9.17) is 5.11 Å². The van der Waals surface area contributed by atoms with E-state index in [1.54, 1.807) is 0 Å². The maximum absolute atomic E-state index is 10.4. The minimum atomic E-state index is -1.04. The first kappa shape index (κ1) is 8.62. The fourth-order valence-electron chi connectivity index (χ4n) is 0.359. The first-order chi connectivity index (χ1) is 4.66. The average molecular weight is 140 g/mol. The maximum atomic E-state index is 10.4. The number of carboxylic acid groups (broad SMARTS) is 1. The van der Waals surface area contributed by atoms with Crippen LogP contribution in [0.25, 0.3) is 0 Å². The summed E-state index contributed by atoms with van der Waals surface area (Å²) in [5, 5.41) is 8.08. The Labute approximate surface area is 58.7 Å². The van der Waals surface area contributed by atoms with Gasteiger partial charge < -0.3 is 5.11 Å². The Balaban J connectivity index is 3.63. The third-order valence-electron chi connectivity index (χ3n) is 0.807. The van der Waals surface area contributed by atoms with Crippen LogP contribution in [0.1, 0.15) is 6.42 Å². The van der Waals surface area contributed by atoms with Crippen molar-refractivity contribution in [2.45, 2.75) is 6.42 Å². The number of carbonyl (C=O) groups is 2. The van der Waals surface area contributed by atoms with Gasteiger partial charge in [-0.15, -0.1) is 0 Å². The van der Waals surface area contributed by atoms with Gasteiger partial charge in [0, 0.05) is 12.5 Å². The summed E-state index contributed by atoms with van der Waals surface area (Å²) < 4.78 is 0. The van der Waals surface area contributed by atoms with Gasteiger partial charge in [0.2, 0.25) is 0 Å². The van der Waals surface area contributed by atoms with E-state index in [2.05, 4.69) is 6.58 Å². The summed E-state index contributed by atoms with van der Waals surface area (Å²) in [6.07, 6.45) is 3.48. The second kappa shape index (κ2) is 4.49. The number of allylic oxidation sites excluding steroid dienone is 2. The number of ketones is 1. The highest BCUT2D eigenvalue weighted by Gasteiger charge is 1.90. The molecule has 0 aromatic heterocycles. The second-order valence-corrected chi connectivity index (χ2v) is 1.62. The standard InChI is InChI=1S/C7H8O3/c1-2-6(8)4-3-5-7(9)10/h2-3,5H,1,4H2,(H,9,10). The van der Waals surface area contributed by atoms with Gasteiger partial charge in [-0.2, -0.15) is 0 Å². The van der Waals surface area contributed by atoms with Crippen molar-refractivity contribution in [3.05, 3.63) is 24.8 Å². The third kappa shape index (κ3) is 4.77. The highest BCUT2D eigenvalue weighted by atomic mass is 16.4. The molecular formula is C7H8O3. The van der Waals surface area contributed by atoms with Gasteiger partial charge in [0.05, 0.1) is 0 Å². The van der Waals surface area contributed by atoms with Gasteiger partial charge >= 0.3 is 5.97 Å². The van der Waals surface area contributed by atoms with Crippen LogP contribution < -0.4 is 0 Å². The average Bonchev–Trinajstić information content (AvgIpc) is 1.87. The van der Waals surface area contributed by atoms with Gasteiger partial charge in [-0.1, -0.05) is 12.7 Å². The van der Waals surface area contributed by atoms with Crippen molar-refractivity contribution in [2.24, 2.45) is 0 Å². The Bertz CT molecular complexity index is 179. The number of carboxylic acids is 1. The van der Waals surface area contributed by atoms with Gasteiger partial charge in [0.1, 0.15) is 0 Å². The molecule has 54 valence electrons. The number of hydrogen-bond acceptors (Lipinski definition) is 2. The second-order valence-electron chi connectivity index (χ2n) is 1.62. The fourth-order valence-corrected chi connectivity index (χ4v) is 0.359. The van der Waals surface area contributed by atoms with Crippen LogP contribution in [0.5, 0.6) is 0 Å². The topological polar surface area (TPSA) is 54.4 Å². The Morgan fingerprint density at radius 3 is 2.50 bits per heavy atom. The Morgan fingerprint density at radius 1 is 1.50 bits per heavy atom. The lowest BCUT2D eigenvalue weighted by molar-refractivity contribution is -0.131. The van der Waals surface area contributed by atoms with Crippen molar-refractivity contribution in [1.29, 1.82) is 0 Å². The normalized spacial score (nSPS) is 9.60. The molecule has 0 radical (unpaired) electrons. The first-order valence-corrected chi connectivity index (χ1v) is 2.71. The Kier molecular flexibility index (Phi) is 3.87. The summed E-state index contributed by atoms with van der Waals surface area (Å²) in [5.41, 5.74) is 0. The predicted octanol–water partition coefficient (Wildman–Crippen LogP) is 0.772. The van der Waals surface area contributed by atoms with E-state index in [-0.39, 0.29) is 12.2 Å². The molecular weight excluding hydrogens is 132 g/mol. The zero-order chi connectivity index (χ0) is 7.98. The van der Waals surface area contributed by atoms with Crippen molar-refractivity contribution < 1.29 is 14.7 Å². The monoisotopic (exact) mass is 140 g/mol. The zero-order valence-corrected chi connectivity index (χ0v) is 5.41. The van der Waals surface area contributed by atoms with Crippen LogP contribution in [-0.2, 0) is 9.59 Å². The summed E-state index contributed by atoms with van der Waals surface area (Å²) in [4.78, 5) is 20.3. The van der Waals surface area contributed by atoms with E-state index < -0.39 is 5.97 Å². The molecule has 0 aromatic rings. The SMILES string of the molecule is C=CC(=O)CC=CC(=O)O. The minimum Gasteiger partial charge on any atom is -0.478 e. The van der Waals surface area contributed by atoms with Crippen LogP contribution in [0.3, 0.4) is 0 Å². The molecule has 3 nitrogen and oxygen atoms in total. The summed E-state index contributed by atoms with van der Waals surface area (Å²) in [6, 6.07) is 0. The molecule has 0 rings (SSSR count). The lowest BCUT2D eigenvalue weighted by Gasteiger charge is -1.82. The molecule has 0 spiro atoms. The highest BCUT2D eigenvalue weighted by molar-refractivity contribution is 5.91. The number of rotatable bonds is 4. The molecule has 0 bridgehead atoms. The molecule has 0 heterocycles. The van der Waals surface area contributed by atoms with Gasteiger partial charge in [-0.3, -0.25) is 4.79 Å². The van der Waals surface area contributed by atoms with Gasteiger partial charge in [-0.05, 0) is 6.08 Å². The fraction of sp³-hybridized carbons (Fsp3) is 0.143. The maximum Gasteiger partial charge on any atom is 0.327 e. The van der Waals surface area contributed by atoms with Crippen molar-refractivity contribution in [2.75, 3.05) is 0 Å². The molecule has 0 aromatic carbocycles. The van der Waals surface area contributed by atoms with E-state index >= 15 is 0 Å². The number of hydrogen-bond donors (Lipinski definition) is 1. The van der Waals surface area contributed by atoms with Crippen LogP contribution in [-0.4, -0.2) is 16.9 Å². The molecule has 10 heavy (non-hydrogen) atoms. The Hall–Kier alpha value is -1.38. The summed E-state index contributed by atoms with van der Waals surface area (Å²) in [5.74, 6) is -1.23. The summed E-state index contributed by atoms with van der Waals surface area (Å²) >= 11 is 0. The van der Waals surface area contributed by atoms with Crippen LogP contribution in [0.15, 0.2) is 24.8 Å². The lowest BCUT2D eigenvalue weighted by Crippen LogP contribution is -1.90. The molecule has 0 saturated carbocycles. The van der Waals surface area contributed by atoms with Crippen LogP contribution in [0.4, 0.5) is 0 Å². The molecule has 0 saturated heterocycles. The molecule has 0 amide bonds. The van der Waals surface area contributed by atoms with Crippen molar-refractivity contribution in [3.8, 4) is 0 Å². The molecule has 0 aliphatic rings. The Morgan fingerprint density at radius 2 is 2.10 bits per heavy atom. The van der Waals surface area contributed by atoms with Crippen molar-refractivity contribution in [3.63, 3.8) is 0 Å². The quantitative estimate of drug-likeness (QED) is 0.587.